The number of nitrogens with zero attached hydrogens (tertiary/aromatic N) is 1. The summed E-state index contributed by atoms with van der Waals surface area (Å²) in [4.78, 5) is 25.8. The van der Waals surface area contributed by atoms with Crippen LogP contribution in [0.2, 0.25) is 0 Å². The summed E-state index contributed by atoms with van der Waals surface area (Å²) in [6.45, 7) is 0.537. The van der Waals surface area contributed by atoms with Crippen molar-refractivity contribution in [2.45, 2.75) is 19.3 Å². The molecule has 0 fully saturated rings. The van der Waals surface area contributed by atoms with Gasteiger partial charge in [-0.2, -0.15) is 0 Å². The zero-order valence-electron chi connectivity index (χ0n) is 9.43. The van der Waals surface area contributed by atoms with Crippen molar-refractivity contribution in [3.8, 4) is 0 Å². The highest BCUT2D eigenvalue weighted by Crippen LogP contribution is 2.16. The lowest BCUT2D eigenvalue weighted by Crippen LogP contribution is -2.12. The van der Waals surface area contributed by atoms with Gasteiger partial charge >= 0.3 is 5.97 Å². The van der Waals surface area contributed by atoms with E-state index in [2.05, 4.69) is 10.3 Å². The second-order valence-electron chi connectivity index (χ2n) is 3.36. The molecule has 1 aromatic heterocycles. The summed E-state index contributed by atoms with van der Waals surface area (Å²) >= 11 is 1.22. The lowest BCUT2D eigenvalue weighted by atomic mass is 10.3. The van der Waals surface area contributed by atoms with Crippen molar-refractivity contribution in [3.63, 3.8) is 0 Å². The van der Waals surface area contributed by atoms with E-state index in [1.165, 1.54) is 11.3 Å². The minimum absolute atomic E-state index is 0.129. The summed E-state index contributed by atoms with van der Waals surface area (Å²) in [6.07, 6.45) is 0.882. The molecule has 1 rings (SSSR count). The predicted molar refractivity (Wildman–Crippen MR) is 63.2 cm³/mol. The fourth-order valence-electron chi connectivity index (χ4n) is 1.16. The lowest BCUT2D eigenvalue weighted by molar-refractivity contribution is -0.136. The van der Waals surface area contributed by atoms with E-state index in [1.807, 2.05) is 0 Å². The van der Waals surface area contributed by atoms with Gasteiger partial charge in [-0.15, -0.1) is 11.3 Å². The number of aromatic nitrogens is 1. The normalized spacial score (nSPS) is 10.2. The van der Waals surface area contributed by atoms with Crippen LogP contribution in [0.1, 0.15) is 18.5 Å². The minimum Gasteiger partial charge on any atom is -0.481 e. The fourth-order valence-corrected chi connectivity index (χ4v) is 1.89. The topological polar surface area (TPSA) is 88.5 Å². The summed E-state index contributed by atoms with van der Waals surface area (Å²) in [5.74, 6) is -1.08. The SMILES string of the molecule is COCCCC(=O)Nc1nc(CC(=O)O)cs1. The van der Waals surface area contributed by atoms with E-state index in [9.17, 15) is 9.59 Å². The number of carboxylic acids is 1. The Hall–Kier alpha value is -1.47. The van der Waals surface area contributed by atoms with Gasteiger partial charge in [0.25, 0.3) is 0 Å². The number of amides is 1. The predicted octanol–water partition coefficient (Wildman–Crippen LogP) is 1.14. The first-order valence-corrected chi connectivity index (χ1v) is 5.94. The van der Waals surface area contributed by atoms with E-state index in [1.54, 1.807) is 12.5 Å². The molecule has 0 aliphatic carbocycles. The number of carbonyl (C=O) groups excluding carboxylic acids is 1. The average molecular weight is 258 g/mol. The van der Waals surface area contributed by atoms with Crippen LogP contribution in [0.4, 0.5) is 5.13 Å². The number of carbonyl (C=O) groups is 2. The van der Waals surface area contributed by atoms with Gasteiger partial charge < -0.3 is 15.2 Å². The van der Waals surface area contributed by atoms with Gasteiger partial charge in [-0.1, -0.05) is 0 Å². The number of methoxy groups -OCH3 is 1. The van der Waals surface area contributed by atoms with Crippen LogP contribution in [0.3, 0.4) is 0 Å². The van der Waals surface area contributed by atoms with Crippen molar-refractivity contribution in [1.29, 1.82) is 0 Å². The molecule has 1 amide bonds. The van der Waals surface area contributed by atoms with Crippen molar-refractivity contribution >= 4 is 28.3 Å². The van der Waals surface area contributed by atoms with E-state index in [0.29, 0.717) is 30.3 Å². The van der Waals surface area contributed by atoms with E-state index in [-0.39, 0.29) is 12.3 Å². The lowest BCUT2D eigenvalue weighted by Gasteiger charge is -2.00. The Bertz CT molecular complexity index is 391. The molecule has 0 saturated heterocycles. The summed E-state index contributed by atoms with van der Waals surface area (Å²) in [5.41, 5.74) is 0.453. The zero-order valence-corrected chi connectivity index (χ0v) is 10.2. The third-order valence-electron chi connectivity index (χ3n) is 1.88. The first-order valence-electron chi connectivity index (χ1n) is 5.07. The molecule has 0 radical (unpaired) electrons. The molecule has 2 N–H and O–H groups in total. The number of hydrogen-bond donors (Lipinski definition) is 2. The maximum atomic E-state index is 11.4. The zero-order chi connectivity index (χ0) is 12.7. The molecule has 0 unspecified atom stereocenters. The molecule has 94 valence electrons. The Kier molecular flexibility index (Phi) is 5.58. The summed E-state index contributed by atoms with van der Waals surface area (Å²) in [7, 11) is 1.58. The van der Waals surface area contributed by atoms with Gasteiger partial charge in [0.05, 0.1) is 12.1 Å². The quantitative estimate of drug-likeness (QED) is 0.716. The molecule has 7 heteroatoms. The minimum atomic E-state index is -0.937. The van der Waals surface area contributed by atoms with Crippen molar-refractivity contribution in [1.82, 2.24) is 4.98 Å². The highest BCUT2D eigenvalue weighted by molar-refractivity contribution is 7.13. The number of nitrogens with one attached hydrogen (secondary N) is 1. The van der Waals surface area contributed by atoms with Gasteiger partial charge in [0, 0.05) is 25.5 Å². The van der Waals surface area contributed by atoms with Crippen molar-refractivity contribution < 1.29 is 19.4 Å². The first kappa shape index (κ1) is 13.6. The molecular formula is C10H14N2O4S. The molecule has 0 saturated carbocycles. The van der Waals surface area contributed by atoms with Gasteiger partial charge in [0.2, 0.25) is 5.91 Å². The fraction of sp³-hybridized carbons (Fsp3) is 0.500. The van der Waals surface area contributed by atoms with Gasteiger partial charge in [0.15, 0.2) is 5.13 Å². The third kappa shape index (κ3) is 5.41. The number of rotatable bonds is 7. The standard InChI is InChI=1S/C10H14N2O4S/c1-16-4-2-3-8(13)12-10-11-7(6-17-10)5-9(14)15/h6H,2-5H2,1H3,(H,14,15)(H,11,12,13). The van der Waals surface area contributed by atoms with Crippen LogP contribution in [0.5, 0.6) is 0 Å². The number of ether oxygens (including phenoxy) is 1. The number of anilines is 1. The largest absolute Gasteiger partial charge is 0.481 e. The molecular weight excluding hydrogens is 244 g/mol. The van der Waals surface area contributed by atoms with Crippen LogP contribution in [0.15, 0.2) is 5.38 Å². The maximum absolute atomic E-state index is 11.4. The van der Waals surface area contributed by atoms with Crippen LogP contribution in [0, 0.1) is 0 Å². The number of aliphatic carboxylic acids is 1. The molecule has 1 heterocycles. The maximum Gasteiger partial charge on any atom is 0.309 e. The molecule has 1 aromatic rings. The Morgan fingerprint density at radius 3 is 3.00 bits per heavy atom. The molecule has 6 nitrogen and oxygen atoms in total. The summed E-state index contributed by atoms with van der Waals surface area (Å²) in [5, 5.41) is 13.2. The average Bonchev–Trinajstić information content (AvgIpc) is 2.64. The van der Waals surface area contributed by atoms with Crippen LogP contribution in [-0.4, -0.2) is 35.7 Å². The molecule has 0 aliphatic heterocycles. The Morgan fingerprint density at radius 2 is 2.35 bits per heavy atom. The van der Waals surface area contributed by atoms with E-state index in [4.69, 9.17) is 9.84 Å². The van der Waals surface area contributed by atoms with Gasteiger partial charge in [-0.05, 0) is 6.42 Å². The third-order valence-corrected chi connectivity index (χ3v) is 2.69. The molecule has 0 spiro atoms. The van der Waals surface area contributed by atoms with Crippen molar-refractivity contribution in [2.75, 3.05) is 19.0 Å². The molecule has 0 bridgehead atoms. The van der Waals surface area contributed by atoms with Crippen LogP contribution < -0.4 is 5.32 Å². The first-order chi connectivity index (χ1) is 8.11. The molecule has 17 heavy (non-hydrogen) atoms. The van der Waals surface area contributed by atoms with Crippen LogP contribution in [0.25, 0.3) is 0 Å². The molecule has 0 aromatic carbocycles. The highest BCUT2D eigenvalue weighted by Gasteiger charge is 2.08. The van der Waals surface area contributed by atoms with Gasteiger partial charge in [-0.3, -0.25) is 9.59 Å². The Balaban J connectivity index is 2.38. The van der Waals surface area contributed by atoms with E-state index >= 15 is 0 Å². The highest BCUT2D eigenvalue weighted by atomic mass is 32.1. The van der Waals surface area contributed by atoms with Gasteiger partial charge in [-0.25, -0.2) is 4.98 Å². The van der Waals surface area contributed by atoms with Crippen LogP contribution in [-0.2, 0) is 20.7 Å². The molecule has 0 atom stereocenters. The van der Waals surface area contributed by atoms with E-state index in [0.717, 1.165) is 0 Å². The monoisotopic (exact) mass is 258 g/mol. The number of thiazole rings is 1. The second-order valence-corrected chi connectivity index (χ2v) is 4.22. The van der Waals surface area contributed by atoms with Crippen LogP contribution >= 0.6 is 11.3 Å². The Morgan fingerprint density at radius 1 is 1.59 bits per heavy atom. The van der Waals surface area contributed by atoms with E-state index < -0.39 is 5.97 Å². The number of carboxylic acid groups (broad SMARTS) is 1. The Labute approximate surface area is 103 Å². The van der Waals surface area contributed by atoms with Crippen molar-refractivity contribution in [3.05, 3.63) is 11.1 Å². The smallest absolute Gasteiger partial charge is 0.309 e. The summed E-state index contributed by atoms with van der Waals surface area (Å²) in [6, 6.07) is 0. The molecule has 0 aliphatic rings. The second kappa shape index (κ2) is 6.97. The summed E-state index contributed by atoms with van der Waals surface area (Å²) < 4.78 is 4.83. The van der Waals surface area contributed by atoms with Gasteiger partial charge in [0.1, 0.15) is 0 Å². The van der Waals surface area contributed by atoms with Crippen molar-refractivity contribution in [2.24, 2.45) is 0 Å². The number of hydrogen-bond acceptors (Lipinski definition) is 5.